The minimum Gasteiger partial charge on any atom is -0.508 e. The molecule has 0 saturated carbocycles. The average molecular weight is 655 g/mol. The largest absolute Gasteiger partial charge is 0.508 e. The number of nitrogens with zero attached hydrogens (tertiary/aromatic N) is 5. The lowest BCUT2D eigenvalue weighted by Gasteiger charge is -2.44. The van der Waals surface area contributed by atoms with Gasteiger partial charge < -0.3 is 20.1 Å². The molecule has 4 aromatic rings. The molecule has 0 spiro atoms. The highest BCUT2D eigenvalue weighted by atomic mass is 19.1. The number of terminal acetylenes is 1. The van der Waals surface area contributed by atoms with Gasteiger partial charge in [0.05, 0.1) is 22.2 Å². The third kappa shape index (κ3) is 4.27. The summed E-state index contributed by atoms with van der Waals surface area (Å²) >= 11 is 0. The lowest BCUT2D eigenvalue weighted by molar-refractivity contribution is 0.107. The number of phenolic OH excluding ortho intramolecular Hbond substituents is 1. The van der Waals surface area contributed by atoms with Crippen molar-refractivity contribution >= 4 is 27.5 Å². The highest BCUT2D eigenvalue weighted by molar-refractivity contribution is 6.03. The molecule has 2 aromatic carbocycles. The van der Waals surface area contributed by atoms with E-state index in [0.29, 0.717) is 41.8 Å². The van der Waals surface area contributed by atoms with Gasteiger partial charge in [-0.2, -0.15) is 9.97 Å². The molecule has 9 rings (SSSR count). The summed E-state index contributed by atoms with van der Waals surface area (Å²) in [7, 11) is 0. The van der Waals surface area contributed by atoms with E-state index in [0.717, 1.165) is 32.2 Å². The van der Waals surface area contributed by atoms with E-state index < -0.39 is 23.3 Å². The highest BCUT2D eigenvalue weighted by Gasteiger charge is 2.50. The first-order valence-electron chi connectivity index (χ1n) is 17.0. The molecule has 2 N–H and O–H groups in total. The number of halogens is 3. The molecule has 48 heavy (non-hydrogen) atoms. The lowest BCUT2D eigenvalue weighted by atomic mass is 9.82. The molecule has 11 heteroatoms. The number of phenols is 1. The predicted octanol–water partition coefficient (Wildman–Crippen LogP) is 5.83. The Labute approximate surface area is 276 Å². The maximum atomic E-state index is 17.3. The number of aromatic hydroxyl groups is 1. The summed E-state index contributed by atoms with van der Waals surface area (Å²) in [4.78, 5) is 19.2. The molecule has 8 nitrogen and oxygen atoms in total. The third-order valence-electron chi connectivity index (χ3n) is 12.0. The number of aromatic nitrogens is 3. The monoisotopic (exact) mass is 654 g/mol. The first kappa shape index (κ1) is 30.0. The smallest absolute Gasteiger partial charge is 0.319 e. The number of alkyl halides is 1. The quantitative estimate of drug-likeness (QED) is 0.266. The summed E-state index contributed by atoms with van der Waals surface area (Å²) in [5.41, 5.74) is 0.309. The van der Waals surface area contributed by atoms with Gasteiger partial charge in [0.2, 0.25) is 0 Å². The number of hydrogen-bond donors (Lipinski definition) is 2. The standard InChI is InChI=1S/C37H37F3N6O2/c1-4-24-26(39)8-6-20-12-23(47)13-25(28(20)24)32-30(40)33-29-31(42-32)18(2)19(3)34-27-9-7-22(41-27)16-46(34)35(29)44-36(43-33)48-17-37-10-5-11-45(37)15-21(38)14-37/h1,6,8,12-13,18-19,21-22,27,34,41,47H,5,7,9-11,14-17H2,2-3H3/t18-,19+,21-,22-,27+,34+,37+/m1/s1. The Bertz CT molecular complexity index is 2050. The Hall–Kier alpha value is -4.14. The number of ether oxygens (including phenoxy) is 1. The van der Waals surface area contributed by atoms with Gasteiger partial charge in [0.1, 0.15) is 41.4 Å². The lowest BCUT2D eigenvalue weighted by Crippen LogP contribution is -2.60. The Kier molecular flexibility index (Phi) is 6.67. The van der Waals surface area contributed by atoms with Crippen LogP contribution in [0.5, 0.6) is 11.8 Å². The maximum absolute atomic E-state index is 17.3. The minimum absolute atomic E-state index is 0.0333. The molecule has 7 atom stereocenters. The molecule has 0 radical (unpaired) electrons. The maximum Gasteiger partial charge on any atom is 0.319 e. The van der Waals surface area contributed by atoms with E-state index in [1.54, 1.807) is 0 Å². The van der Waals surface area contributed by atoms with Crippen molar-refractivity contribution in [2.75, 3.05) is 31.1 Å². The van der Waals surface area contributed by atoms with Gasteiger partial charge in [0.25, 0.3) is 0 Å². The minimum atomic E-state index is -0.917. The molecule has 7 heterocycles. The topological polar surface area (TPSA) is 86.6 Å². The fourth-order valence-corrected chi connectivity index (χ4v) is 9.60. The molecule has 0 aliphatic carbocycles. The second-order valence-electron chi connectivity index (χ2n) is 14.6. The van der Waals surface area contributed by atoms with Crippen LogP contribution in [0.3, 0.4) is 0 Å². The van der Waals surface area contributed by atoms with Gasteiger partial charge >= 0.3 is 6.01 Å². The molecule has 2 aromatic heterocycles. The summed E-state index contributed by atoms with van der Waals surface area (Å²) in [5.74, 6) is 1.50. The Balaban J connectivity index is 1.28. The molecule has 4 saturated heterocycles. The number of benzene rings is 2. The van der Waals surface area contributed by atoms with E-state index in [-0.39, 0.29) is 76.1 Å². The summed E-state index contributed by atoms with van der Waals surface area (Å²) in [6.45, 7) is 6.42. The van der Waals surface area contributed by atoms with Crippen LogP contribution in [0, 0.1) is 29.9 Å². The molecule has 0 amide bonds. The molecular formula is C37H37F3N6O2. The van der Waals surface area contributed by atoms with Crippen molar-refractivity contribution in [1.29, 1.82) is 0 Å². The SMILES string of the molecule is C#Cc1c(F)ccc2cc(O)cc(-c3nc4c5c(nc(OC[C@@]67CCCN6C[C@H](F)C7)nc5c3F)N3C[C@H]5CC[C@H](N5)[C@@H]3[C@@H](C)[C@H]4C)c12. The zero-order valence-corrected chi connectivity index (χ0v) is 26.9. The van der Waals surface area contributed by atoms with Crippen molar-refractivity contribution in [2.45, 2.75) is 81.7 Å². The van der Waals surface area contributed by atoms with E-state index in [2.05, 4.69) is 34.9 Å². The van der Waals surface area contributed by atoms with Crippen molar-refractivity contribution in [1.82, 2.24) is 25.2 Å². The van der Waals surface area contributed by atoms with Gasteiger partial charge in [0.15, 0.2) is 5.82 Å². The van der Waals surface area contributed by atoms with Gasteiger partial charge in [-0.25, -0.2) is 18.2 Å². The van der Waals surface area contributed by atoms with Crippen molar-refractivity contribution in [3.63, 3.8) is 0 Å². The highest BCUT2D eigenvalue weighted by Crippen LogP contribution is 2.48. The van der Waals surface area contributed by atoms with Crippen LogP contribution >= 0.6 is 0 Å². The van der Waals surface area contributed by atoms with E-state index in [9.17, 15) is 9.50 Å². The van der Waals surface area contributed by atoms with E-state index in [4.69, 9.17) is 26.1 Å². The summed E-state index contributed by atoms with van der Waals surface area (Å²) < 4.78 is 53.3. The first-order chi connectivity index (χ1) is 23.2. The molecule has 5 aliphatic rings. The van der Waals surface area contributed by atoms with Crippen LogP contribution in [0.4, 0.5) is 19.0 Å². The second kappa shape index (κ2) is 10.7. The number of nitrogens with one attached hydrogen (secondary N) is 1. The molecular weight excluding hydrogens is 617 g/mol. The second-order valence-corrected chi connectivity index (χ2v) is 14.6. The van der Waals surface area contributed by atoms with Crippen molar-refractivity contribution in [2.24, 2.45) is 5.92 Å². The van der Waals surface area contributed by atoms with Gasteiger partial charge in [-0.05, 0) is 61.7 Å². The zero-order chi connectivity index (χ0) is 33.1. The fourth-order valence-electron chi connectivity index (χ4n) is 9.60. The van der Waals surface area contributed by atoms with Crippen molar-refractivity contribution < 1.29 is 23.0 Å². The van der Waals surface area contributed by atoms with Crippen LogP contribution in [0.1, 0.15) is 63.1 Å². The molecule has 2 bridgehead atoms. The Morgan fingerprint density at radius 2 is 1.98 bits per heavy atom. The Morgan fingerprint density at radius 1 is 1.12 bits per heavy atom. The van der Waals surface area contributed by atoms with Crippen LogP contribution in [0.25, 0.3) is 32.9 Å². The van der Waals surface area contributed by atoms with E-state index in [1.165, 1.54) is 24.3 Å². The molecule has 0 unspecified atom stereocenters. The molecule has 4 fully saturated rings. The fraction of sp³-hybridized carbons (Fsp3) is 0.486. The summed E-state index contributed by atoms with van der Waals surface area (Å²) in [5, 5.41) is 15.8. The van der Waals surface area contributed by atoms with Gasteiger partial charge in [0, 0.05) is 54.5 Å². The molecule has 248 valence electrons. The first-order valence-corrected chi connectivity index (χ1v) is 17.0. The number of piperazine rings is 1. The van der Waals surface area contributed by atoms with Gasteiger partial charge in [-0.1, -0.05) is 25.8 Å². The van der Waals surface area contributed by atoms with Crippen molar-refractivity contribution in [3.8, 4) is 35.4 Å². The van der Waals surface area contributed by atoms with Crippen LogP contribution in [0.2, 0.25) is 0 Å². The van der Waals surface area contributed by atoms with Crippen LogP contribution in [-0.2, 0) is 0 Å². The number of anilines is 1. The average Bonchev–Trinajstić information content (AvgIpc) is 3.72. The van der Waals surface area contributed by atoms with Crippen LogP contribution in [-0.4, -0.2) is 81.0 Å². The number of rotatable bonds is 4. The number of pyridine rings is 1. The van der Waals surface area contributed by atoms with Crippen LogP contribution < -0.4 is 15.0 Å². The number of fused-ring (bicyclic) bond motifs is 7. The van der Waals surface area contributed by atoms with Crippen molar-refractivity contribution in [3.05, 3.63) is 47.2 Å². The molecule has 5 aliphatic heterocycles. The van der Waals surface area contributed by atoms with E-state index in [1.807, 2.05) is 0 Å². The summed E-state index contributed by atoms with van der Waals surface area (Å²) in [6, 6.07) is 6.22. The van der Waals surface area contributed by atoms with E-state index >= 15 is 8.78 Å². The van der Waals surface area contributed by atoms with Gasteiger partial charge in [-0.15, -0.1) is 6.42 Å². The predicted molar refractivity (Wildman–Crippen MR) is 177 cm³/mol. The van der Waals surface area contributed by atoms with Crippen LogP contribution in [0.15, 0.2) is 24.3 Å². The summed E-state index contributed by atoms with van der Waals surface area (Å²) in [6.07, 6.45) is 9.11. The zero-order valence-electron chi connectivity index (χ0n) is 26.9. The number of hydrogen-bond acceptors (Lipinski definition) is 8. The Morgan fingerprint density at radius 3 is 2.81 bits per heavy atom. The van der Waals surface area contributed by atoms with Gasteiger partial charge in [-0.3, -0.25) is 4.90 Å². The third-order valence-corrected chi connectivity index (χ3v) is 12.0. The normalized spacial score (nSPS) is 30.8.